The van der Waals surface area contributed by atoms with Gasteiger partial charge in [0.15, 0.2) is 0 Å². The van der Waals surface area contributed by atoms with Gasteiger partial charge in [-0.15, -0.1) is 0 Å². The Morgan fingerprint density at radius 3 is 2.64 bits per heavy atom. The van der Waals surface area contributed by atoms with Crippen molar-refractivity contribution in [2.45, 2.75) is 26.2 Å². The van der Waals surface area contributed by atoms with E-state index in [1.165, 1.54) is 0 Å². The van der Waals surface area contributed by atoms with Gasteiger partial charge in [-0.2, -0.15) is 0 Å². The lowest BCUT2D eigenvalue weighted by Gasteiger charge is -2.10. The summed E-state index contributed by atoms with van der Waals surface area (Å²) in [6.07, 6.45) is -0.364. The number of pyridine rings is 1. The minimum atomic E-state index is -2.85. The topological polar surface area (TPSA) is 42.0 Å². The highest BCUT2D eigenvalue weighted by Gasteiger charge is 2.61. The quantitative estimate of drug-likeness (QED) is 0.932. The van der Waals surface area contributed by atoms with E-state index >= 15 is 0 Å². The summed E-state index contributed by atoms with van der Waals surface area (Å²) in [5.74, 6) is -4.68. The maximum atomic E-state index is 12.9. The van der Waals surface area contributed by atoms with Crippen molar-refractivity contribution >= 4 is 11.6 Å². The van der Waals surface area contributed by atoms with Crippen molar-refractivity contribution in [3.8, 4) is 11.3 Å². The molecule has 0 unspecified atom stereocenters. The minimum absolute atomic E-state index is 0.364. The van der Waals surface area contributed by atoms with E-state index in [0.717, 1.165) is 22.5 Å². The van der Waals surface area contributed by atoms with Crippen LogP contribution in [-0.2, 0) is 4.79 Å². The number of amides is 1. The van der Waals surface area contributed by atoms with E-state index in [1.807, 2.05) is 38.1 Å². The second-order valence-corrected chi connectivity index (χ2v) is 5.70. The predicted octanol–water partition coefficient (Wildman–Crippen LogP) is 3.96. The van der Waals surface area contributed by atoms with Crippen molar-refractivity contribution in [1.82, 2.24) is 4.98 Å². The Morgan fingerprint density at radius 2 is 2.00 bits per heavy atom. The fourth-order valence-electron chi connectivity index (χ4n) is 2.40. The summed E-state index contributed by atoms with van der Waals surface area (Å²) in [5.41, 5.74) is 4.09. The van der Waals surface area contributed by atoms with Crippen LogP contribution in [0.15, 0.2) is 36.4 Å². The van der Waals surface area contributed by atoms with Crippen LogP contribution in [-0.4, -0.2) is 16.8 Å². The maximum absolute atomic E-state index is 12.9. The number of aromatic nitrogens is 1. The first-order chi connectivity index (χ1) is 10.4. The summed E-state index contributed by atoms with van der Waals surface area (Å²) in [5, 5.41) is 2.56. The molecule has 3 rings (SSSR count). The van der Waals surface area contributed by atoms with Crippen LogP contribution in [0.3, 0.4) is 0 Å². The number of halogens is 2. The zero-order valence-corrected chi connectivity index (χ0v) is 12.4. The van der Waals surface area contributed by atoms with Crippen LogP contribution in [0.2, 0.25) is 0 Å². The van der Waals surface area contributed by atoms with Gasteiger partial charge >= 0.3 is 0 Å². The molecule has 3 nitrogen and oxygen atoms in total. The number of anilines is 1. The van der Waals surface area contributed by atoms with E-state index < -0.39 is 17.7 Å². The molecule has 1 amide bonds. The molecule has 0 radical (unpaired) electrons. The number of carbonyl (C=O) groups is 1. The summed E-state index contributed by atoms with van der Waals surface area (Å²) < 4.78 is 25.9. The van der Waals surface area contributed by atoms with E-state index in [4.69, 9.17) is 0 Å². The van der Waals surface area contributed by atoms with Crippen LogP contribution in [0, 0.1) is 19.8 Å². The Kier molecular flexibility index (Phi) is 3.43. The van der Waals surface area contributed by atoms with Gasteiger partial charge in [-0.25, -0.2) is 8.78 Å². The van der Waals surface area contributed by atoms with Crippen molar-refractivity contribution < 1.29 is 13.6 Å². The molecule has 2 aromatic rings. The molecule has 1 saturated carbocycles. The van der Waals surface area contributed by atoms with Crippen molar-refractivity contribution in [1.29, 1.82) is 0 Å². The Morgan fingerprint density at radius 1 is 1.27 bits per heavy atom. The van der Waals surface area contributed by atoms with E-state index in [9.17, 15) is 13.6 Å². The molecule has 1 aliphatic carbocycles. The third-order valence-electron chi connectivity index (χ3n) is 3.81. The van der Waals surface area contributed by atoms with E-state index in [-0.39, 0.29) is 6.42 Å². The van der Waals surface area contributed by atoms with Crippen molar-refractivity contribution in [3.63, 3.8) is 0 Å². The molecule has 22 heavy (non-hydrogen) atoms. The largest absolute Gasteiger partial charge is 0.326 e. The van der Waals surface area contributed by atoms with Gasteiger partial charge < -0.3 is 5.32 Å². The molecule has 1 atom stereocenters. The van der Waals surface area contributed by atoms with Gasteiger partial charge in [0, 0.05) is 23.4 Å². The third kappa shape index (κ3) is 2.84. The van der Waals surface area contributed by atoms with Crippen molar-refractivity contribution in [2.24, 2.45) is 5.92 Å². The van der Waals surface area contributed by atoms with Crippen LogP contribution in [0.5, 0.6) is 0 Å². The number of hydrogen-bond donors (Lipinski definition) is 1. The maximum Gasteiger partial charge on any atom is 0.260 e. The van der Waals surface area contributed by atoms with Gasteiger partial charge in [0.05, 0.1) is 5.69 Å². The number of nitrogens with one attached hydrogen (secondary N) is 1. The number of aryl methyl sites for hydroxylation is 2. The number of alkyl halides is 2. The predicted molar refractivity (Wildman–Crippen MR) is 80.8 cm³/mol. The molecule has 0 bridgehead atoms. The van der Waals surface area contributed by atoms with Crippen molar-refractivity contribution in [2.75, 3.05) is 5.32 Å². The first-order valence-electron chi connectivity index (χ1n) is 7.10. The first kappa shape index (κ1) is 14.6. The van der Waals surface area contributed by atoms with Crippen LogP contribution < -0.4 is 5.32 Å². The second kappa shape index (κ2) is 5.16. The molecule has 1 heterocycles. The van der Waals surface area contributed by atoms with Gasteiger partial charge in [-0.1, -0.05) is 12.1 Å². The average Bonchev–Trinajstić information content (AvgIpc) is 3.10. The molecule has 1 aromatic heterocycles. The molecule has 5 heteroatoms. The summed E-state index contributed by atoms with van der Waals surface area (Å²) in [4.78, 5) is 16.2. The van der Waals surface area contributed by atoms with Gasteiger partial charge in [0.1, 0.15) is 5.92 Å². The molecule has 0 aliphatic heterocycles. The molecular weight excluding hydrogens is 286 g/mol. The highest BCUT2D eigenvalue weighted by Crippen LogP contribution is 2.49. The van der Waals surface area contributed by atoms with Crippen LogP contribution in [0.25, 0.3) is 11.3 Å². The van der Waals surface area contributed by atoms with E-state index in [2.05, 4.69) is 10.3 Å². The van der Waals surface area contributed by atoms with Crippen LogP contribution >= 0.6 is 0 Å². The highest BCUT2D eigenvalue weighted by atomic mass is 19.3. The van der Waals surface area contributed by atoms with Crippen molar-refractivity contribution in [3.05, 3.63) is 47.7 Å². The first-order valence-corrected chi connectivity index (χ1v) is 7.10. The van der Waals surface area contributed by atoms with E-state index in [0.29, 0.717) is 5.69 Å². The zero-order chi connectivity index (χ0) is 15.9. The number of nitrogens with zero attached hydrogens (tertiary/aromatic N) is 1. The second-order valence-electron chi connectivity index (χ2n) is 5.70. The molecule has 1 aromatic carbocycles. The van der Waals surface area contributed by atoms with Gasteiger partial charge in [-0.3, -0.25) is 9.78 Å². The normalized spacial score (nSPS) is 18.8. The molecule has 1 fully saturated rings. The SMILES string of the molecule is Cc1cccc(-c2cc(NC(=O)[C@H]3CC3(F)F)ccc2C)n1. The molecular formula is C17H16F2N2O. The Balaban J connectivity index is 1.86. The lowest BCUT2D eigenvalue weighted by molar-refractivity contribution is -0.119. The molecule has 1 N–H and O–H groups in total. The Hall–Kier alpha value is -2.30. The van der Waals surface area contributed by atoms with E-state index in [1.54, 1.807) is 12.1 Å². The van der Waals surface area contributed by atoms with Gasteiger partial charge in [0.2, 0.25) is 5.91 Å². The number of carbonyl (C=O) groups excluding carboxylic acids is 1. The lowest BCUT2D eigenvalue weighted by atomic mass is 10.0. The number of benzene rings is 1. The molecule has 0 saturated heterocycles. The van der Waals surface area contributed by atoms with Crippen LogP contribution in [0.4, 0.5) is 14.5 Å². The standard InChI is InChI=1S/C17H16F2N2O/c1-10-6-7-12(21-16(22)14-9-17(14,18)19)8-13(10)15-5-3-4-11(2)20-15/h3-8,14H,9H2,1-2H3,(H,21,22)/t14-/m1/s1. The van der Waals surface area contributed by atoms with Gasteiger partial charge in [-0.05, 0) is 43.7 Å². The third-order valence-corrected chi connectivity index (χ3v) is 3.81. The minimum Gasteiger partial charge on any atom is -0.326 e. The molecule has 0 spiro atoms. The number of hydrogen-bond acceptors (Lipinski definition) is 2. The summed E-state index contributed by atoms with van der Waals surface area (Å²) in [6.45, 7) is 3.85. The Labute approximate surface area is 127 Å². The average molecular weight is 302 g/mol. The van der Waals surface area contributed by atoms with Gasteiger partial charge in [0.25, 0.3) is 5.92 Å². The summed E-state index contributed by atoms with van der Waals surface area (Å²) in [7, 11) is 0. The highest BCUT2D eigenvalue weighted by molar-refractivity contribution is 5.95. The molecule has 114 valence electrons. The van der Waals surface area contributed by atoms with Crippen LogP contribution in [0.1, 0.15) is 17.7 Å². The zero-order valence-electron chi connectivity index (χ0n) is 12.4. The fourth-order valence-corrected chi connectivity index (χ4v) is 2.40. The summed E-state index contributed by atoms with van der Waals surface area (Å²) in [6, 6.07) is 11.0. The molecule has 1 aliphatic rings. The summed E-state index contributed by atoms with van der Waals surface area (Å²) >= 11 is 0. The number of rotatable bonds is 3. The monoisotopic (exact) mass is 302 g/mol. The smallest absolute Gasteiger partial charge is 0.260 e. The lowest BCUT2D eigenvalue weighted by Crippen LogP contribution is -2.17. The fraction of sp³-hybridized carbons (Fsp3) is 0.294. The Bertz CT molecular complexity index is 743.